The zero-order valence-electron chi connectivity index (χ0n) is 17.1. The molecule has 0 atom stereocenters. The van der Waals surface area contributed by atoms with Gasteiger partial charge in [-0.15, -0.1) is 0 Å². The minimum Gasteiger partial charge on any atom is -0.348 e. The third-order valence-electron chi connectivity index (χ3n) is 4.50. The van der Waals surface area contributed by atoms with Crippen molar-refractivity contribution in [3.63, 3.8) is 0 Å². The Balaban J connectivity index is 1.65. The number of nitrogens with one attached hydrogen (secondary N) is 2. The first-order chi connectivity index (χ1) is 14.3. The first-order valence-electron chi connectivity index (χ1n) is 9.84. The number of benzene rings is 3. The summed E-state index contributed by atoms with van der Waals surface area (Å²) in [5, 5.41) is 2.95. The smallest absolute Gasteiger partial charge is 0.252 e. The lowest BCUT2D eigenvalue weighted by Crippen LogP contribution is -2.31. The van der Waals surface area contributed by atoms with Crippen LogP contribution in [0.15, 0.2) is 78.9 Å². The van der Waals surface area contributed by atoms with Gasteiger partial charge in [0.05, 0.1) is 5.75 Å². The molecule has 0 saturated heterocycles. The standard InChI is InChI=1S/C24H26N2O3S/c1-18(2)26-30(28,29)17-20-14-12-19(13-15-20)16-25-24(27)23-11-7-6-10-22(23)21-8-4-3-5-9-21/h3-15,18,26H,16-17H2,1-2H3,(H,25,27). The van der Waals surface area contributed by atoms with Crippen LogP contribution in [-0.4, -0.2) is 20.4 Å². The maximum atomic E-state index is 12.8. The molecule has 2 N–H and O–H groups in total. The average molecular weight is 423 g/mol. The molecule has 156 valence electrons. The zero-order chi connectivity index (χ0) is 21.6. The second kappa shape index (κ2) is 9.69. The van der Waals surface area contributed by atoms with E-state index >= 15 is 0 Å². The lowest BCUT2D eigenvalue weighted by Gasteiger charge is -2.11. The molecule has 0 bridgehead atoms. The summed E-state index contributed by atoms with van der Waals surface area (Å²) >= 11 is 0. The van der Waals surface area contributed by atoms with E-state index in [1.165, 1.54) is 0 Å². The Morgan fingerprint density at radius 1 is 0.833 bits per heavy atom. The van der Waals surface area contributed by atoms with Crippen molar-refractivity contribution >= 4 is 15.9 Å². The van der Waals surface area contributed by atoms with E-state index in [1.54, 1.807) is 26.0 Å². The molecular weight excluding hydrogens is 396 g/mol. The summed E-state index contributed by atoms with van der Waals surface area (Å²) < 4.78 is 26.7. The zero-order valence-corrected chi connectivity index (χ0v) is 17.9. The highest BCUT2D eigenvalue weighted by Crippen LogP contribution is 2.23. The van der Waals surface area contributed by atoms with E-state index in [0.29, 0.717) is 17.7 Å². The van der Waals surface area contributed by atoms with E-state index in [9.17, 15) is 13.2 Å². The number of carbonyl (C=O) groups excluding carboxylic acids is 1. The van der Waals surface area contributed by atoms with Crippen LogP contribution in [0.3, 0.4) is 0 Å². The Hall–Kier alpha value is -2.96. The SMILES string of the molecule is CC(C)NS(=O)(=O)Cc1ccc(CNC(=O)c2ccccc2-c2ccccc2)cc1. The minimum absolute atomic E-state index is 0.0672. The molecule has 0 unspecified atom stereocenters. The lowest BCUT2D eigenvalue weighted by atomic mass is 9.99. The molecule has 3 aromatic rings. The highest BCUT2D eigenvalue weighted by Gasteiger charge is 2.14. The molecule has 3 aromatic carbocycles. The van der Waals surface area contributed by atoms with Gasteiger partial charge in [0.25, 0.3) is 5.91 Å². The number of amides is 1. The van der Waals surface area contributed by atoms with Crippen LogP contribution in [0.1, 0.15) is 35.3 Å². The Morgan fingerprint density at radius 2 is 1.43 bits per heavy atom. The predicted octanol–water partition coefficient (Wildman–Crippen LogP) is 4.11. The fourth-order valence-corrected chi connectivity index (χ4v) is 4.63. The molecule has 0 fully saturated rings. The van der Waals surface area contributed by atoms with Gasteiger partial charge in [0, 0.05) is 18.2 Å². The van der Waals surface area contributed by atoms with Crippen molar-refractivity contribution in [2.45, 2.75) is 32.2 Å². The van der Waals surface area contributed by atoms with Crippen molar-refractivity contribution < 1.29 is 13.2 Å². The van der Waals surface area contributed by atoms with Gasteiger partial charge in [-0.1, -0.05) is 72.8 Å². The van der Waals surface area contributed by atoms with Gasteiger partial charge in [0.1, 0.15) is 0 Å². The maximum Gasteiger partial charge on any atom is 0.252 e. The first-order valence-corrected chi connectivity index (χ1v) is 11.5. The van der Waals surface area contributed by atoms with Gasteiger partial charge in [0.2, 0.25) is 10.0 Å². The molecule has 0 saturated carbocycles. The maximum absolute atomic E-state index is 12.8. The third kappa shape index (κ3) is 6.02. The Labute approximate surface area is 178 Å². The molecule has 0 heterocycles. The second-order valence-electron chi connectivity index (χ2n) is 7.44. The second-order valence-corrected chi connectivity index (χ2v) is 9.20. The predicted molar refractivity (Wildman–Crippen MR) is 120 cm³/mol. The summed E-state index contributed by atoms with van der Waals surface area (Å²) in [6.07, 6.45) is 0. The van der Waals surface area contributed by atoms with E-state index in [-0.39, 0.29) is 17.7 Å². The highest BCUT2D eigenvalue weighted by molar-refractivity contribution is 7.88. The normalized spacial score (nSPS) is 11.4. The molecule has 0 aliphatic heterocycles. The van der Waals surface area contributed by atoms with Gasteiger partial charge < -0.3 is 5.32 Å². The van der Waals surface area contributed by atoms with E-state index < -0.39 is 10.0 Å². The Bertz CT molecular complexity index is 1090. The van der Waals surface area contributed by atoms with E-state index in [4.69, 9.17) is 0 Å². The number of sulfonamides is 1. The van der Waals surface area contributed by atoms with E-state index in [0.717, 1.165) is 16.7 Å². The summed E-state index contributed by atoms with van der Waals surface area (Å²) in [4.78, 5) is 12.8. The van der Waals surface area contributed by atoms with Crippen LogP contribution < -0.4 is 10.0 Å². The summed E-state index contributed by atoms with van der Waals surface area (Å²) in [5.74, 6) is -0.218. The fourth-order valence-electron chi connectivity index (χ4n) is 3.20. The van der Waals surface area contributed by atoms with Crippen molar-refractivity contribution in [2.24, 2.45) is 0 Å². The van der Waals surface area contributed by atoms with Crippen LogP contribution in [0.5, 0.6) is 0 Å². The molecule has 0 radical (unpaired) electrons. The van der Waals surface area contributed by atoms with Crippen LogP contribution in [0, 0.1) is 0 Å². The molecule has 5 nitrogen and oxygen atoms in total. The van der Waals surface area contributed by atoms with Crippen molar-refractivity contribution in [3.05, 3.63) is 95.6 Å². The number of hydrogen-bond donors (Lipinski definition) is 2. The van der Waals surface area contributed by atoms with Crippen LogP contribution in [0.4, 0.5) is 0 Å². The number of carbonyl (C=O) groups is 1. The largest absolute Gasteiger partial charge is 0.348 e. The molecule has 1 amide bonds. The van der Waals surface area contributed by atoms with Crippen LogP contribution >= 0.6 is 0 Å². The molecule has 0 aromatic heterocycles. The molecule has 3 rings (SSSR count). The number of rotatable bonds is 8. The van der Waals surface area contributed by atoms with Gasteiger partial charge in [0.15, 0.2) is 0 Å². The summed E-state index contributed by atoms with van der Waals surface area (Å²) in [6, 6.07) is 24.4. The third-order valence-corrected chi connectivity index (χ3v) is 6.05. The fraction of sp³-hybridized carbons (Fsp3) is 0.208. The lowest BCUT2D eigenvalue weighted by molar-refractivity contribution is 0.0951. The monoisotopic (exact) mass is 422 g/mol. The molecular formula is C24H26N2O3S. The average Bonchev–Trinajstić information content (AvgIpc) is 2.72. The Morgan fingerprint density at radius 3 is 2.10 bits per heavy atom. The quantitative estimate of drug-likeness (QED) is 0.574. The van der Waals surface area contributed by atoms with Crippen molar-refractivity contribution in [2.75, 3.05) is 0 Å². The highest BCUT2D eigenvalue weighted by atomic mass is 32.2. The molecule has 0 aliphatic carbocycles. The summed E-state index contributed by atoms with van der Waals surface area (Å²) in [5.41, 5.74) is 4.09. The van der Waals surface area contributed by atoms with Crippen molar-refractivity contribution in [1.29, 1.82) is 0 Å². The van der Waals surface area contributed by atoms with Gasteiger partial charge in [-0.3, -0.25) is 4.79 Å². The minimum atomic E-state index is -3.36. The molecule has 6 heteroatoms. The van der Waals surface area contributed by atoms with Gasteiger partial charge in [-0.2, -0.15) is 0 Å². The van der Waals surface area contributed by atoms with E-state index in [2.05, 4.69) is 10.0 Å². The molecule has 0 aliphatic rings. The van der Waals surface area contributed by atoms with E-state index in [1.807, 2.05) is 66.7 Å². The Kier molecular flexibility index (Phi) is 7.03. The molecule has 30 heavy (non-hydrogen) atoms. The van der Waals surface area contributed by atoms with Gasteiger partial charge >= 0.3 is 0 Å². The summed E-state index contributed by atoms with van der Waals surface area (Å²) in [7, 11) is -3.36. The van der Waals surface area contributed by atoms with Crippen LogP contribution in [0.2, 0.25) is 0 Å². The van der Waals surface area contributed by atoms with Crippen molar-refractivity contribution in [3.8, 4) is 11.1 Å². The van der Waals surface area contributed by atoms with Crippen LogP contribution in [0.25, 0.3) is 11.1 Å². The van der Waals surface area contributed by atoms with Gasteiger partial charge in [-0.25, -0.2) is 13.1 Å². The number of hydrogen-bond acceptors (Lipinski definition) is 3. The van der Waals surface area contributed by atoms with Gasteiger partial charge in [-0.05, 0) is 42.2 Å². The summed E-state index contributed by atoms with van der Waals surface area (Å²) in [6.45, 7) is 3.94. The first kappa shape index (κ1) is 21.7. The topological polar surface area (TPSA) is 75.3 Å². The van der Waals surface area contributed by atoms with Crippen molar-refractivity contribution in [1.82, 2.24) is 10.0 Å². The van der Waals surface area contributed by atoms with Crippen LogP contribution in [-0.2, 0) is 22.3 Å². The molecule has 0 spiro atoms.